The van der Waals surface area contributed by atoms with Crippen LogP contribution in [0.25, 0.3) is 0 Å². The molecule has 1 aliphatic heterocycles. The highest BCUT2D eigenvalue weighted by molar-refractivity contribution is 9.10. The SMILES string of the molecule is CC(C)(O)CN(Cc1ncccc1Br)C(=O)CNc1cccc2c1CN(C(=O)[C@H]1C[C@H]1F)CC2. The topological polar surface area (TPSA) is 85.8 Å². The third-order valence-corrected chi connectivity index (χ3v) is 6.87. The molecule has 1 aromatic carbocycles. The third-order valence-electron chi connectivity index (χ3n) is 6.15. The molecule has 0 spiro atoms. The molecule has 2 aromatic rings. The predicted molar refractivity (Wildman–Crippen MR) is 131 cm³/mol. The Morgan fingerprint density at radius 3 is 2.76 bits per heavy atom. The van der Waals surface area contributed by atoms with E-state index in [-0.39, 0.29) is 31.4 Å². The number of carbonyl (C=O) groups excluding carboxylic acids is 2. The highest BCUT2D eigenvalue weighted by Crippen LogP contribution is 2.37. The van der Waals surface area contributed by atoms with E-state index < -0.39 is 17.7 Å². The number of alkyl halides is 1. The lowest BCUT2D eigenvalue weighted by Gasteiger charge is -2.31. The van der Waals surface area contributed by atoms with Crippen LogP contribution in [0.5, 0.6) is 0 Å². The van der Waals surface area contributed by atoms with Crippen molar-refractivity contribution in [2.45, 2.75) is 51.6 Å². The summed E-state index contributed by atoms with van der Waals surface area (Å²) in [6, 6.07) is 9.52. The molecule has 2 N–H and O–H groups in total. The van der Waals surface area contributed by atoms with Gasteiger partial charge in [-0.25, -0.2) is 4.39 Å². The van der Waals surface area contributed by atoms with Crippen LogP contribution < -0.4 is 5.32 Å². The number of halogens is 2. The maximum atomic E-state index is 13.4. The summed E-state index contributed by atoms with van der Waals surface area (Å²) in [4.78, 5) is 33.4. The predicted octanol–water partition coefficient (Wildman–Crippen LogP) is 3.30. The van der Waals surface area contributed by atoms with E-state index in [4.69, 9.17) is 0 Å². The maximum absolute atomic E-state index is 13.4. The Hall–Kier alpha value is -2.52. The van der Waals surface area contributed by atoms with Gasteiger partial charge in [0, 0.05) is 36.0 Å². The van der Waals surface area contributed by atoms with Crippen LogP contribution in [0.3, 0.4) is 0 Å². The molecule has 1 saturated carbocycles. The number of rotatable bonds is 8. The number of fused-ring (bicyclic) bond motifs is 1. The zero-order valence-corrected chi connectivity index (χ0v) is 21.0. The normalized spacial score (nSPS) is 19.4. The number of pyridine rings is 1. The Bertz CT molecular complexity index is 1070. The molecule has 4 rings (SSSR count). The van der Waals surface area contributed by atoms with Crippen molar-refractivity contribution in [3.05, 3.63) is 57.8 Å². The average Bonchev–Trinajstić information content (AvgIpc) is 3.53. The van der Waals surface area contributed by atoms with Crippen LogP contribution in [-0.2, 0) is 29.1 Å². The third kappa shape index (κ3) is 5.93. The Balaban J connectivity index is 1.46. The van der Waals surface area contributed by atoms with Crippen LogP contribution in [0.4, 0.5) is 10.1 Å². The van der Waals surface area contributed by atoms with Crippen molar-refractivity contribution in [3.63, 3.8) is 0 Å². The van der Waals surface area contributed by atoms with Gasteiger partial charge in [-0.15, -0.1) is 0 Å². The lowest BCUT2D eigenvalue weighted by molar-refractivity contribution is -0.134. The second kappa shape index (κ2) is 10.00. The van der Waals surface area contributed by atoms with E-state index in [0.29, 0.717) is 31.6 Å². The lowest BCUT2D eigenvalue weighted by Crippen LogP contribution is -2.44. The second-order valence-electron chi connectivity index (χ2n) is 9.66. The number of aliphatic hydroxyl groups is 1. The van der Waals surface area contributed by atoms with E-state index in [1.807, 2.05) is 24.3 Å². The quantitative estimate of drug-likeness (QED) is 0.544. The van der Waals surface area contributed by atoms with Crippen LogP contribution in [0.15, 0.2) is 41.0 Å². The summed E-state index contributed by atoms with van der Waals surface area (Å²) >= 11 is 3.47. The van der Waals surface area contributed by atoms with Crippen molar-refractivity contribution in [2.24, 2.45) is 5.92 Å². The first-order valence-corrected chi connectivity index (χ1v) is 12.3. The molecule has 7 nitrogen and oxygen atoms in total. The van der Waals surface area contributed by atoms with Gasteiger partial charge in [-0.3, -0.25) is 14.6 Å². The largest absolute Gasteiger partial charge is 0.389 e. The average molecular weight is 533 g/mol. The number of nitrogens with one attached hydrogen (secondary N) is 1. The van der Waals surface area contributed by atoms with Gasteiger partial charge in [-0.05, 0) is 71.9 Å². The highest BCUT2D eigenvalue weighted by Gasteiger charge is 2.46. The van der Waals surface area contributed by atoms with E-state index in [9.17, 15) is 19.1 Å². The number of amides is 2. The van der Waals surface area contributed by atoms with E-state index in [0.717, 1.165) is 21.3 Å². The zero-order valence-electron chi connectivity index (χ0n) is 19.4. The number of nitrogens with zero attached hydrogens (tertiary/aromatic N) is 3. The summed E-state index contributed by atoms with van der Waals surface area (Å²) < 4.78 is 14.2. The van der Waals surface area contributed by atoms with Crippen molar-refractivity contribution >= 4 is 33.4 Å². The van der Waals surface area contributed by atoms with Gasteiger partial charge in [0.15, 0.2) is 0 Å². The zero-order chi connectivity index (χ0) is 24.5. The molecule has 0 unspecified atom stereocenters. The number of anilines is 1. The molecule has 34 heavy (non-hydrogen) atoms. The summed E-state index contributed by atoms with van der Waals surface area (Å²) in [6.07, 6.45) is 1.68. The van der Waals surface area contributed by atoms with E-state index >= 15 is 0 Å². The molecular weight excluding hydrogens is 503 g/mol. The molecule has 9 heteroatoms. The van der Waals surface area contributed by atoms with Crippen molar-refractivity contribution < 1.29 is 19.1 Å². The minimum Gasteiger partial charge on any atom is -0.389 e. The van der Waals surface area contributed by atoms with Crippen molar-refractivity contribution in [3.8, 4) is 0 Å². The summed E-state index contributed by atoms with van der Waals surface area (Å²) in [5.41, 5.74) is 2.52. The molecule has 2 amide bonds. The van der Waals surface area contributed by atoms with Crippen molar-refractivity contribution in [1.29, 1.82) is 0 Å². The smallest absolute Gasteiger partial charge is 0.242 e. The van der Waals surface area contributed by atoms with Gasteiger partial charge >= 0.3 is 0 Å². The maximum Gasteiger partial charge on any atom is 0.242 e. The molecule has 0 saturated heterocycles. The van der Waals surface area contributed by atoms with Crippen LogP contribution in [0.1, 0.15) is 37.1 Å². The number of benzene rings is 1. The van der Waals surface area contributed by atoms with Crippen LogP contribution in [0.2, 0.25) is 0 Å². The van der Waals surface area contributed by atoms with Gasteiger partial charge in [0.1, 0.15) is 6.17 Å². The molecular formula is C25H30BrFN4O3. The summed E-state index contributed by atoms with van der Waals surface area (Å²) in [5, 5.41) is 13.6. The fourth-order valence-electron chi connectivity index (χ4n) is 4.29. The number of hydrogen-bond donors (Lipinski definition) is 2. The minimum atomic E-state index is -1.07. The molecule has 0 radical (unpaired) electrons. The van der Waals surface area contributed by atoms with Crippen LogP contribution >= 0.6 is 15.9 Å². The van der Waals surface area contributed by atoms with Crippen molar-refractivity contribution in [2.75, 3.05) is 25.0 Å². The van der Waals surface area contributed by atoms with Gasteiger partial charge in [-0.2, -0.15) is 0 Å². The van der Waals surface area contributed by atoms with E-state index in [2.05, 4.69) is 26.2 Å². The van der Waals surface area contributed by atoms with E-state index in [1.165, 1.54) is 0 Å². The Morgan fingerprint density at radius 1 is 1.32 bits per heavy atom. The summed E-state index contributed by atoms with van der Waals surface area (Å²) in [7, 11) is 0. The molecule has 1 aromatic heterocycles. The van der Waals surface area contributed by atoms with Crippen molar-refractivity contribution in [1.82, 2.24) is 14.8 Å². The lowest BCUT2D eigenvalue weighted by atomic mass is 9.97. The molecule has 0 bridgehead atoms. The molecule has 1 aliphatic carbocycles. The number of carbonyl (C=O) groups is 2. The minimum absolute atomic E-state index is 0.0279. The van der Waals surface area contributed by atoms with Crippen LogP contribution in [0, 0.1) is 5.92 Å². The standard InChI is InChI=1S/C25H30BrFN4O3/c1-25(2,34)15-31(14-22-19(26)6-4-9-28-22)23(32)12-29-21-7-3-5-16-8-10-30(13-18(16)21)24(33)17-11-20(17)27/h3-7,9,17,20,29,34H,8,10-15H2,1-2H3/t17-,20+/m0/s1. The highest BCUT2D eigenvalue weighted by atomic mass is 79.9. The van der Waals surface area contributed by atoms with Gasteiger partial charge < -0.3 is 20.2 Å². The van der Waals surface area contributed by atoms with Gasteiger partial charge in [-0.1, -0.05) is 12.1 Å². The Labute approximate surface area is 207 Å². The fraction of sp³-hybridized carbons (Fsp3) is 0.480. The Kier molecular flexibility index (Phi) is 7.23. The monoisotopic (exact) mass is 532 g/mol. The first kappa shape index (κ1) is 24.6. The molecule has 2 aliphatic rings. The molecule has 2 heterocycles. The first-order chi connectivity index (χ1) is 16.1. The van der Waals surface area contributed by atoms with Gasteiger partial charge in [0.05, 0.1) is 30.3 Å². The van der Waals surface area contributed by atoms with E-state index in [1.54, 1.807) is 35.9 Å². The summed E-state index contributed by atoms with van der Waals surface area (Å²) in [6.45, 7) is 4.74. The number of hydrogen-bond acceptors (Lipinski definition) is 5. The fourth-order valence-corrected chi connectivity index (χ4v) is 4.67. The molecule has 2 atom stereocenters. The Morgan fingerprint density at radius 2 is 2.09 bits per heavy atom. The number of aromatic nitrogens is 1. The van der Waals surface area contributed by atoms with Gasteiger partial charge in [0.2, 0.25) is 11.8 Å². The molecule has 1 fully saturated rings. The first-order valence-electron chi connectivity index (χ1n) is 11.5. The molecule has 182 valence electrons. The summed E-state index contributed by atoms with van der Waals surface area (Å²) in [5.74, 6) is -0.801. The second-order valence-corrected chi connectivity index (χ2v) is 10.5. The van der Waals surface area contributed by atoms with Gasteiger partial charge in [0.25, 0.3) is 0 Å². The van der Waals surface area contributed by atoms with Crippen LogP contribution in [-0.4, -0.2) is 63.1 Å².